The fourth-order valence-corrected chi connectivity index (χ4v) is 3.70. The quantitative estimate of drug-likeness (QED) is 0.650. The molecule has 0 radical (unpaired) electrons. The molecule has 146 valence electrons. The SMILES string of the molecule is CCOc1ccccc1OCCC1CCN(OC(=O)Cc2cncs2)CC1. The van der Waals surface area contributed by atoms with Crippen molar-refractivity contribution in [2.45, 2.75) is 32.6 Å². The predicted molar refractivity (Wildman–Crippen MR) is 104 cm³/mol. The van der Waals surface area contributed by atoms with Crippen LogP contribution in [0, 0.1) is 5.92 Å². The average Bonchev–Trinajstić information content (AvgIpc) is 3.17. The van der Waals surface area contributed by atoms with Gasteiger partial charge in [-0.15, -0.1) is 16.4 Å². The minimum atomic E-state index is -0.214. The maximum Gasteiger partial charge on any atom is 0.330 e. The number of benzene rings is 1. The number of carbonyl (C=O) groups excluding carboxylic acids is 1. The minimum Gasteiger partial charge on any atom is -0.490 e. The molecule has 0 unspecified atom stereocenters. The fraction of sp³-hybridized carbons (Fsp3) is 0.500. The van der Waals surface area contributed by atoms with E-state index < -0.39 is 0 Å². The molecule has 1 aliphatic heterocycles. The first kappa shape index (κ1) is 19.6. The van der Waals surface area contributed by atoms with Gasteiger partial charge in [-0.2, -0.15) is 0 Å². The summed E-state index contributed by atoms with van der Waals surface area (Å²) in [5.74, 6) is 1.96. The number of para-hydroxylation sites is 2. The minimum absolute atomic E-state index is 0.214. The Morgan fingerprint density at radius 3 is 2.63 bits per heavy atom. The molecule has 1 aliphatic rings. The summed E-state index contributed by atoms with van der Waals surface area (Å²) < 4.78 is 11.5. The van der Waals surface area contributed by atoms with Crippen LogP contribution in [0.15, 0.2) is 36.0 Å². The van der Waals surface area contributed by atoms with Crippen molar-refractivity contribution in [3.05, 3.63) is 40.8 Å². The van der Waals surface area contributed by atoms with Crippen LogP contribution in [0.25, 0.3) is 0 Å². The summed E-state index contributed by atoms with van der Waals surface area (Å²) in [7, 11) is 0. The van der Waals surface area contributed by atoms with Crippen molar-refractivity contribution in [3.8, 4) is 11.5 Å². The number of hydroxylamine groups is 2. The van der Waals surface area contributed by atoms with Crippen LogP contribution >= 0.6 is 11.3 Å². The Morgan fingerprint density at radius 1 is 1.22 bits per heavy atom. The Balaban J connectivity index is 1.34. The lowest BCUT2D eigenvalue weighted by molar-refractivity contribution is -0.195. The number of piperidine rings is 1. The third kappa shape index (κ3) is 6.22. The first-order chi connectivity index (χ1) is 13.2. The van der Waals surface area contributed by atoms with Crippen molar-refractivity contribution < 1.29 is 19.1 Å². The van der Waals surface area contributed by atoms with Gasteiger partial charge in [-0.3, -0.25) is 4.98 Å². The van der Waals surface area contributed by atoms with Crippen LogP contribution in [0.1, 0.15) is 31.1 Å². The summed E-state index contributed by atoms with van der Waals surface area (Å²) in [4.78, 5) is 22.3. The van der Waals surface area contributed by atoms with Gasteiger partial charge in [0.25, 0.3) is 0 Å². The molecule has 1 aromatic heterocycles. The van der Waals surface area contributed by atoms with Crippen LogP contribution in [0.5, 0.6) is 11.5 Å². The second-order valence-electron chi connectivity index (χ2n) is 6.50. The van der Waals surface area contributed by atoms with E-state index in [4.69, 9.17) is 14.3 Å². The van der Waals surface area contributed by atoms with Crippen LogP contribution in [-0.4, -0.2) is 42.3 Å². The Hall–Kier alpha value is -2.12. The number of hydrogen-bond acceptors (Lipinski definition) is 7. The van der Waals surface area contributed by atoms with E-state index in [2.05, 4.69) is 4.98 Å². The van der Waals surface area contributed by atoms with Gasteiger partial charge in [-0.05, 0) is 44.2 Å². The molecular formula is C20H26N2O4S. The van der Waals surface area contributed by atoms with Crippen LogP contribution in [0.4, 0.5) is 0 Å². The van der Waals surface area contributed by atoms with E-state index in [0.29, 0.717) is 19.1 Å². The van der Waals surface area contributed by atoms with E-state index in [0.717, 1.165) is 48.7 Å². The second-order valence-corrected chi connectivity index (χ2v) is 7.47. The molecule has 0 bridgehead atoms. The van der Waals surface area contributed by atoms with E-state index in [1.165, 1.54) is 11.3 Å². The van der Waals surface area contributed by atoms with Gasteiger partial charge in [0.2, 0.25) is 0 Å². The van der Waals surface area contributed by atoms with Gasteiger partial charge in [0.05, 0.1) is 25.1 Å². The first-order valence-corrected chi connectivity index (χ1v) is 10.3. The van der Waals surface area contributed by atoms with Crippen molar-refractivity contribution in [3.63, 3.8) is 0 Å². The molecule has 0 N–H and O–H groups in total. The van der Waals surface area contributed by atoms with Gasteiger partial charge in [0.15, 0.2) is 11.5 Å². The maximum atomic E-state index is 12.0. The molecule has 0 aliphatic carbocycles. The molecule has 2 heterocycles. The fourth-order valence-electron chi connectivity index (χ4n) is 3.12. The van der Waals surface area contributed by atoms with Gasteiger partial charge in [0.1, 0.15) is 0 Å². The van der Waals surface area contributed by atoms with E-state index in [9.17, 15) is 4.79 Å². The monoisotopic (exact) mass is 390 g/mol. The van der Waals surface area contributed by atoms with Crippen molar-refractivity contribution in [1.29, 1.82) is 0 Å². The number of aromatic nitrogens is 1. The third-order valence-corrected chi connectivity index (χ3v) is 5.32. The molecular weight excluding hydrogens is 364 g/mol. The van der Waals surface area contributed by atoms with Crippen molar-refractivity contribution in [1.82, 2.24) is 10.0 Å². The lowest BCUT2D eigenvalue weighted by Crippen LogP contribution is -2.36. The Kier molecular flexibility index (Phi) is 7.47. The molecule has 0 atom stereocenters. The normalized spacial score (nSPS) is 15.4. The molecule has 7 heteroatoms. The van der Waals surface area contributed by atoms with Gasteiger partial charge < -0.3 is 14.3 Å². The lowest BCUT2D eigenvalue weighted by atomic mass is 9.95. The van der Waals surface area contributed by atoms with Gasteiger partial charge in [-0.1, -0.05) is 12.1 Å². The van der Waals surface area contributed by atoms with Crippen molar-refractivity contribution >= 4 is 17.3 Å². The molecule has 0 saturated carbocycles. The van der Waals surface area contributed by atoms with Gasteiger partial charge in [0, 0.05) is 24.2 Å². The van der Waals surface area contributed by atoms with E-state index in [-0.39, 0.29) is 12.4 Å². The third-order valence-electron chi connectivity index (χ3n) is 4.54. The maximum absolute atomic E-state index is 12.0. The molecule has 3 rings (SSSR count). The molecule has 1 fully saturated rings. The van der Waals surface area contributed by atoms with E-state index >= 15 is 0 Å². The number of rotatable bonds is 9. The van der Waals surface area contributed by atoms with Crippen molar-refractivity contribution in [2.75, 3.05) is 26.3 Å². The summed E-state index contributed by atoms with van der Waals surface area (Å²) in [5, 5.41) is 1.78. The molecule has 0 amide bonds. The standard InChI is InChI=1S/C20H26N2O4S/c1-2-24-18-5-3-4-6-19(18)25-12-9-16-7-10-22(11-8-16)26-20(23)13-17-14-21-15-27-17/h3-6,14-16H,2,7-13H2,1H3. The van der Waals surface area contributed by atoms with E-state index in [1.54, 1.807) is 16.8 Å². The first-order valence-electron chi connectivity index (χ1n) is 9.42. The smallest absolute Gasteiger partial charge is 0.330 e. The largest absolute Gasteiger partial charge is 0.490 e. The van der Waals surface area contributed by atoms with Crippen LogP contribution in [0.3, 0.4) is 0 Å². The highest BCUT2D eigenvalue weighted by Gasteiger charge is 2.22. The molecule has 2 aromatic rings. The van der Waals surface area contributed by atoms with Crippen LogP contribution in [-0.2, 0) is 16.1 Å². The zero-order valence-corrected chi connectivity index (χ0v) is 16.5. The summed E-state index contributed by atoms with van der Waals surface area (Å²) >= 11 is 1.47. The van der Waals surface area contributed by atoms with Gasteiger partial charge in [-0.25, -0.2) is 4.79 Å². The molecule has 1 saturated heterocycles. The second kappa shape index (κ2) is 10.3. The summed E-state index contributed by atoms with van der Waals surface area (Å²) in [6.07, 6.45) is 5.00. The Labute approximate surface area is 164 Å². The van der Waals surface area contributed by atoms with Crippen molar-refractivity contribution in [2.24, 2.45) is 5.92 Å². The number of nitrogens with zero attached hydrogens (tertiary/aromatic N) is 2. The van der Waals surface area contributed by atoms with Crippen LogP contribution < -0.4 is 9.47 Å². The Morgan fingerprint density at radius 2 is 1.96 bits per heavy atom. The van der Waals surface area contributed by atoms with Crippen LogP contribution in [0.2, 0.25) is 0 Å². The highest BCUT2D eigenvalue weighted by Crippen LogP contribution is 2.27. The molecule has 27 heavy (non-hydrogen) atoms. The topological polar surface area (TPSA) is 60.9 Å². The summed E-state index contributed by atoms with van der Waals surface area (Å²) in [5.41, 5.74) is 1.73. The zero-order chi connectivity index (χ0) is 18.9. The predicted octanol–water partition coefficient (Wildman–Crippen LogP) is 3.72. The molecule has 0 spiro atoms. The van der Waals surface area contributed by atoms with E-state index in [1.807, 2.05) is 31.2 Å². The molecule has 1 aromatic carbocycles. The number of ether oxygens (including phenoxy) is 2. The summed E-state index contributed by atoms with van der Waals surface area (Å²) in [6, 6.07) is 7.77. The lowest BCUT2D eigenvalue weighted by Gasteiger charge is -2.30. The number of thiazole rings is 1. The molecule has 6 nitrogen and oxygen atoms in total. The summed E-state index contributed by atoms with van der Waals surface area (Å²) in [6.45, 7) is 4.80. The zero-order valence-electron chi connectivity index (χ0n) is 15.6. The highest BCUT2D eigenvalue weighted by atomic mass is 32.1. The van der Waals surface area contributed by atoms with Gasteiger partial charge >= 0.3 is 5.97 Å². The highest BCUT2D eigenvalue weighted by molar-refractivity contribution is 7.09. The number of hydrogen-bond donors (Lipinski definition) is 0. The Bertz CT molecular complexity index is 700. The number of carbonyl (C=O) groups is 1. The average molecular weight is 391 g/mol.